The number of amides is 1. The first-order valence-corrected chi connectivity index (χ1v) is 9.17. The molecule has 1 fully saturated rings. The Morgan fingerprint density at radius 1 is 1.33 bits per heavy atom. The van der Waals surface area contributed by atoms with Crippen LogP contribution in [0.3, 0.4) is 0 Å². The molecule has 0 spiro atoms. The molecule has 2 aromatic rings. The molecule has 7 heteroatoms. The molecule has 3 heterocycles. The number of thioether (sulfide) groups is 1. The summed E-state index contributed by atoms with van der Waals surface area (Å²) in [6, 6.07) is 5.44. The first kappa shape index (κ1) is 16.7. The number of hydrogen-bond donors (Lipinski definition) is 1. The van der Waals surface area contributed by atoms with E-state index in [1.165, 1.54) is 0 Å². The van der Waals surface area contributed by atoms with Gasteiger partial charge in [-0.1, -0.05) is 6.07 Å². The van der Waals surface area contributed by atoms with Gasteiger partial charge in [0.15, 0.2) is 5.82 Å². The van der Waals surface area contributed by atoms with Crippen LogP contribution in [0, 0.1) is 6.92 Å². The van der Waals surface area contributed by atoms with Crippen molar-refractivity contribution in [3.63, 3.8) is 0 Å². The van der Waals surface area contributed by atoms with Crippen molar-refractivity contribution in [3.8, 4) is 11.5 Å². The zero-order valence-electron chi connectivity index (χ0n) is 13.6. The average molecular weight is 344 g/mol. The first-order valence-electron chi connectivity index (χ1n) is 8.02. The third kappa shape index (κ3) is 3.84. The molecule has 126 valence electrons. The standard InChI is InChI=1S/C17H20N4O2S/c1-12-13(11-15(22)21-7-4-9-24-10-8-21)17(23)20-16(19-12)14-5-2-3-6-18-14/h2-3,5-6H,4,7-11H2,1H3,(H,19,20,23). The van der Waals surface area contributed by atoms with Gasteiger partial charge in [0, 0.05) is 36.3 Å². The molecule has 1 N–H and O–H groups in total. The van der Waals surface area contributed by atoms with E-state index < -0.39 is 0 Å². The highest BCUT2D eigenvalue weighted by Crippen LogP contribution is 2.14. The van der Waals surface area contributed by atoms with E-state index in [4.69, 9.17) is 0 Å². The second-order valence-electron chi connectivity index (χ2n) is 5.72. The normalized spacial score (nSPS) is 15.1. The number of nitrogens with zero attached hydrogens (tertiary/aromatic N) is 3. The monoisotopic (exact) mass is 344 g/mol. The fourth-order valence-electron chi connectivity index (χ4n) is 2.70. The molecule has 6 nitrogen and oxygen atoms in total. The predicted octanol–water partition coefficient (Wildman–Crippen LogP) is 1.65. The number of aromatic amines is 1. The van der Waals surface area contributed by atoms with E-state index in [1.54, 1.807) is 25.3 Å². The maximum Gasteiger partial charge on any atom is 0.255 e. The van der Waals surface area contributed by atoms with Gasteiger partial charge in [-0.3, -0.25) is 14.6 Å². The lowest BCUT2D eigenvalue weighted by Crippen LogP contribution is -2.35. The molecule has 0 radical (unpaired) electrons. The highest BCUT2D eigenvalue weighted by molar-refractivity contribution is 7.99. The highest BCUT2D eigenvalue weighted by atomic mass is 32.2. The van der Waals surface area contributed by atoms with Gasteiger partial charge < -0.3 is 9.88 Å². The molecule has 1 amide bonds. The van der Waals surface area contributed by atoms with E-state index in [9.17, 15) is 9.59 Å². The fraction of sp³-hybridized carbons (Fsp3) is 0.412. The molecule has 0 aliphatic carbocycles. The van der Waals surface area contributed by atoms with E-state index in [1.807, 2.05) is 22.7 Å². The Morgan fingerprint density at radius 3 is 2.96 bits per heavy atom. The van der Waals surface area contributed by atoms with Gasteiger partial charge in [0.25, 0.3) is 5.56 Å². The quantitative estimate of drug-likeness (QED) is 0.916. The number of hydrogen-bond acceptors (Lipinski definition) is 5. The van der Waals surface area contributed by atoms with Crippen LogP contribution in [0.1, 0.15) is 17.7 Å². The molecule has 1 aliphatic rings. The van der Waals surface area contributed by atoms with Crippen LogP contribution in [0.5, 0.6) is 0 Å². The van der Waals surface area contributed by atoms with Crippen molar-refractivity contribution in [2.45, 2.75) is 19.8 Å². The number of carbonyl (C=O) groups excluding carboxylic acids is 1. The molecule has 0 atom stereocenters. The third-order valence-electron chi connectivity index (χ3n) is 4.03. The van der Waals surface area contributed by atoms with Crippen LogP contribution < -0.4 is 5.56 Å². The van der Waals surface area contributed by atoms with Crippen LogP contribution >= 0.6 is 11.8 Å². The number of aryl methyl sites for hydroxylation is 1. The first-order chi connectivity index (χ1) is 11.6. The predicted molar refractivity (Wildman–Crippen MR) is 95.1 cm³/mol. The molecule has 1 aliphatic heterocycles. The topological polar surface area (TPSA) is 79.0 Å². The summed E-state index contributed by atoms with van der Waals surface area (Å²) >= 11 is 1.87. The summed E-state index contributed by atoms with van der Waals surface area (Å²) in [6.07, 6.45) is 2.75. The largest absolute Gasteiger partial charge is 0.342 e. The summed E-state index contributed by atoms with van der Waals surface area (Å²) in [5, 5.41) is 0. The van der Waals surface area contributed by atoms with Gasteiger partial charge >= 0.3 is 0 Å². The van der Waals surface area contributed by atoms with E-state index in [0.29, 0.717) is 22.8 Å². The number of carbonyl (C=O) groups is 1. The number of rotatable bonds is 3. The Labute approximate surface area is 144 Å². The summed E-state index contributed by atoms with van der Waals surface area (Å²) in [5.74, 6) is 2.47. The van der Waals surface area contributed by atoms with Gasteiger partial charge in [0.05, 0.1) is 6.42 Å². The molecule has 3 rings (SSSR count). The maximum atomic E-state index is 12.5. The van der Waals surface area contributed by atoms with Gasteiger partial charge in [-0.25, -0.2) is 4.98 Å². The Hall–Kier alpha value is -2.15. The number of H-pyrrole nitrogens is 1. The van der Waals surface area contributed by atoms with Crippen LogP contribution in [0.15, 0.2) is 29.2 Å². The zero-order valence-corrected chi connectivity index (χ0v) is 14.4. The molecule has 24 heavy (non-hydrogen) atoms. The second kappa shape index (κ2) is 7.61. The molecular weight excluding hydrogens is 324 g/mol. The minimum Gasteiger partial charge on any atom is -0.342 e. The number of pyridine rings is 1. The van der Waals surface area contributed by atoms with Gasteiger partial charge in [-0.05, 0) is 31.2 Å². The van der Waals surface area contributed by atoms with Gasteiger partial charge in [0.1, 0.15) is 5.69 Å². The molecular formula is C17H20N4O2S. The van der Waals surface area contributed by atoms with Crippen molar-refractivity contribution in [2.75, 3.05) is 24.6 Å². The van der Waals surface area contributed by atoms with Gasteiger partial charge in [-0.15, -0.1) is 0 Å². The maximum absolute atomic E-state index is 12.5. The lowest BCUT2D eigenvalue weighted by Gasteiger charge is -2.20. The van der Waals surface area contributed by atoms with Crippen molar-refractivity contribution in [2.24, 2.45) is 0 Å². The number of nitrogens with one attached hydrogen (secondary N) is 1. The Bertz CT molecular complexity index is 768. The summed E-state index contributed by atoms with van der Waals surface area (Å²) in [7, 11) is 0. The van der Waals surface area contributed by atoms with Crippen LogP contribution in [0.25, 0.3) is 11.5 Å². The van der Waals surface area contributed by atoms with Crippen molar-refractivity contribution < 1.29 is 4.79 Å². The molecule has 0 bridgehead atoms. The smallest absolute Gasteiger partial charge is 0.255 e. The minimum atomic E-state index is -0.263. The lowest BCUT2D eigenvalue weighted by atomic mass is 10.1. The molecule has 1 saturated heterocycles. The van der Waals surface area contributed by atoms with Crippen LogP contribution in [-0.2, 0) is 11.2 Å². The van der Waals surface area contributed by atoms with Crippen molar-refractivity contribution in [1.29, 1.82) is 0 Å². The summed E-state index contributed by atoms with van der Waals surface area (Å²) < 4.78 is 0. The summed E-state index contributed by atoms with van der Waals surface area (Å²) in [4.78, 5) is 38.2. The second-order valence-corrected chi connectivity index (χ2v) is 6.94. The van der Waals surface area contributed by atoms with E-state index in [-0.39, 0.29) is 17.9 Å². The molecule has 0 aromatic carbocycles. The van der Waals surface area contributed by atoms with Gasteiger partial charge in [-0.2, -0.15) is 11.8 Å². The lowest BCUT2D eigenvalue weighted by molar-refractivity contribution is -0.130. The van der Waals surface area contributed by atoms with E-state index >= 15 is 0 Å². The van der Waals surface area contributed by atoms with Crippen LogP contribution in [0.2, 0.25) is 0 Å². The van der Waals surface area contributed by atoms with E-state index in [2.05, 4.69) is 15.0 Å². The van der Waals surface area contributed by atoms with Gasteiger partial charge in [0.2, 0.25) is 5.91 Å². The molecule has 0 saturated carbocycles. The summed E-state index contributed by atoms with van der Waals surface area (Å²) in [6.45, 7) is 3.28. The Kier molecular flexibility index (Phi) is 5.30. The van der Waals surface area contributed by atoms with Crippen molar-refractivity contribution in [1.82, 2.24) is 19.9 Å². The van der Waals surface area contributed by atoms with Crippen molar-refractivity contribution >= 4 is 17.7 Å². The fourth-order valence-corrected chi connectivity index (χ4v) is 3.59. The SMILES string of the molecule is Cc1nc(-c2ccccn2)[nH]c(=O)c1CC(=O)N1CCCSCC1. The minimum absolute atomic E-state index is 0.00140. The summed E-state index contributed by atoms with van der Waals surface area (Å²) in [5.41, 5.74) is 1.37. The van der Waals surface area contributed by atoms with Crippen molar-refractivity contribution in [3.05, 3.63) is 46.0 Å². The highest BCUT2D eigenvalue weighted by Gasteiger charge is 2.19. The third-order valence-corrected chi connectivity index (χ3v) is 5.08. The Balaban J connectivity index is 1.81. The average Bonchev–Trinajstić information content (AvgIpc) is 2.88. The molecule has 2 aromatic heterocycles. The number of aromatic nitrogens is 3. The van der Waals surface area contributed by atoms with Crippen LogP contribution in [0.4, 0.5) is 0 Å². The zero-order chi connectivity index (χ0) is 16.9. The van der Waals surface area contributed by atoms with Crippen LogP contribution in [-0.4, -0.2) is 50.4 Å². The molecule has 0 unspecified atom stereocenters. The van der Waals surface area contributed by atoms with E-state index in [0.717, 1.165) is 31.0 Å². The Morgan fingerprint density at radius 2 is 2.21 bits per heavy atom.